The average Bonchev–Trinajstić information content (AvgIpc) is 2.66. The predicted octanol–water partition coefficient (Wildman–Crippen LogP) is -0.628. The number of aromatic nitrogens is 2. The smallest absolute Gasteiger partial charge is 0.348 e. The summed E-state index contributed by atoms with van der Waals surface area (Å²) in [7, 11) is 1.18. The number of aromatic amines is 1. The zero-order valence-corrected chi connectivity index (χ0v) is 10.9. The van der Waals surface area contributed by atoms with Gasteiger partial charge in [0.2, 0.25) is 0 Å². The van der Waals surface area contributed by atoms with E-state index in [0.29, 0.717) is 10.7 Å². The van der Waals surface area contributed by atoms with Gasteiger partial charge in [-0.2, -0.15) is 0 Å². The minimum Gasteiger partial charge on any atom is -0.550 e. The number of methoxy groups -OCH3 is 1. The van der Waals surface area contributed by atoms with Gasteiger partial charge in [-0.05, 0) is 12.5 Å². The van der Waals surface area contributed by atoms with Gasteiger partial charge >= 0.3 is 5.97 Å². The number of H-pyrrole nitrogens is 1. The van der Waals surface area contributed by atoms with Gasteiger partial charge in [0.15, 0.2) is 0 Å². The van der Waals surface area contributed by atoms with Gasteiger partial charge in [-0.25, -0.2) is 9.78 Å². The highest BCUT2D eigenvalue weighted by molar-refractivity contribution is 7.20. The lowest BCUT2D eigenvalue weighted by atomic mass is 10.1. The number of carbonyl (C=O) groups excluding carboxylic acids is 2. The zero-order valence-electron chi connectivity index (χ0n) is 10.1. The maximum atomic E-state index is 11.9. The number of carbonyl (C=O) groups is 2. The van der Waals surface area contributed by atoms with Crippen molar-refractivity contribution in [2.75, 3.05) is 7.11 Å². The molecule has 100 valence electrons. The second kappa shape index (κ2) is 4.81. The van der Waals surface area contributed by atoms with Crippen molar-refractivity contribution in [2.45, 2.75) is 13.3 Å². The van der Waals surface area contributed by atoms with Crippen LogP contribution in [0.1, 0.15) is 21.1 Å². The lowest BCUT2D eigenvalue weighted by molar-refractivity contribution is -0.304. The van der Waals surface area contributed by atoms with Crippen LogP contribution in [0.5, 0.6) is 0 Å². The molecule has 7 nitrogen and oxygen atoms in total. The first kappa shape index (κ1) is 13.2. The summed E-state index contributed by atoms with van der Waals surface area (Å²) in [6, 6.07) is 0. The molecule has 0 saturated carbocycles. The first-order valence-corrected chi connectivity index (χ1v) is 6.06. The Labute approximate surface area is 110 Å². The molecule has 0 aliphatic heterocycles. The zero-order chi connectivity index (χ0) is 14.2. The fourth-order valence-corrected chi connectivity index (χ4v) is 2.90. The Morgan fingerprint density at radius 3 is 2.74 bits per heavy atom. The molecule has 0 aliphatic rings. The standard InChI is InChI=1S/C11H10N2O5S/c1-4-12-9(16)7-5(3-6(14)15)8(11(17)18-2)19-10(7)13-4/h3H2,1-2H3,(H,14,15)(H,12,13,16)/p-1. The molecule has 0 saturated heterocycles. The van der Waals surface area contributed by atoms with Crippen molar-refractivity contribution < 1.29 is 19.4 Å². The number of aliphatic carboxylic acids is 1. The topological polar surface area (TPSA) is 112 Å². The number of rotatable bonds is 3. The molecule has 0 radical (unpaired) electrons. The summed E-state index contributed by atoms with van der Waals surface area (Å²) in [5.41, 5.74) is -0.397. The van der Waals surface area contributed by atoms with E-state index >= 15 is 0 Å². The van der Waals surface area contributed by atoms with Crippen LogP contribution in [0.15, 0.2) is 4.79 Å². The number of carboxylic acid groups (broad SMARTS) is 1. The number of aryl methyl sites for hydroxylation is 1. The van der Waals surface area contributed by atoms with Crippen molar-refractivity contribution in [2.24, 2.45) is 0 Å². The minimum atomic E-state index is -1.38. The van der Waals surface area contributed by atoms with E-state index in [1.54, 1.807) is 6.92 Å². The first-order valence-electron chi connectivity index (χ1n) is 5.24. The van der Waals surface area contributed by atoms with Crippen molar-refractivity contribution in [3.05, 3.63) is 26.6 Å². The maximum Gasteiger partial charge on any atom is 0.348 e. The van der Waals surface area contributed by atoms with E-state index in [1.807, 2.05) is 0 Å². The van der Waals surface area contributed by atoms with Crippen LogP contribution in [0.25, 0.3) is 10.2 Å². The summed E-state index contributed by atoms with van der Waals surface area (Å²) in [5, 5.41) is 10.9. The van der Waals surface area contributed by atoms with E-state index in [-0.39, 0.29) is 15.8 Å². The number of hydrogen-bond donors (Lipinski definition) is 1. The van der Waals surface area contributed by atoms with Crippen molar-refractivity contribution in [1.82, 2.24) is 9.97 Å². The van der Waals surface area contributed by atoms with E-state index in [4.69, 9.17) is 0 Å². The number of ether oxygens (including phenoxy) is 1. The molecular weight excluding hydrogens is 272 g/mol. The Kier molecular flexibility index (Phi) is 3.34. The van der Waals surface area contributed by atoms with Crippen molar-refractivity contribution in [3.8, 4) is 0 Å². The van der Waals surface area contributed by atoms with Gasteiger partial charge in [-0.3, -0.25) is 4.79 Å². The van der Waals surface area contributed by atoms with Crippen molar-refractivity contribution >= 4 is 33.5 Å². The second-order valence-electron chi connectivity index (χ2n) is 3.78. The fourth-order valence-electron chi connectivity index (χ4n) is 1.74. The Hall–Kier alpha value is -2.22. The van der Waals surface area contributed by atoms with Gasteiger partial charge in [0, 0.05) is 12.4 Å². The van der Waals surface area contributed by atoms with Crippen LogP contribution in [0, 0.1) is 6.92 Å². The van der Waals surface area contributed by atoms with E-state index in [9.17, 15) is 19.5 Å². The molecule has 2 aromatic rings. The summed E-state index contributed by atoms with van der Waals surface area (Å²) in [5.74, 6) is -1.70. The molecular formula is C11H9N2O5S-. The van der Waals surface area contributed by atoms with E-state index in [2.05, 4.69) is 14.7 Å². The van der Waals surface area contributed by atoms with Crippen LogP contribution in [-0.4, -0.2) is 29.0 Å². The van der Waals surface area contributed by atoms with Gasteiger partial charge < -0.3 is 19.6 Å². The van der Waals surface area contributed by atoms with Crippen LogP contribution in [0.3, 0.4) is 0 Å². The lowest BCUT2D eigenvalue weighted by Crippen LogP contribution is -2.25. The predicted molar refractivity (Wildman–Crippen MR) is 65.0 cm³/mol. The minimum absolute atomic E-state index is 0.0605. The summed E-state index contributed by atoms with van der Waals surface area (Å²) >= 11 is 0.930. The molecule has 0 atom stereocenters. The third-order valence-electron chi connectivity index (χ3n) is 2.47. The highest BCUT2D eigenvalue weighted by Gasteiger charge is 2.22. The van der Waals surface area contributed by atoms with Crippen LogP contribution in [0.4, 0.5) is 0 Å². The number of fused-ring (bicyclic) bond motifs is 1. The van der Waals surface area contributed by atoms with Crippen LogP contribution in [-0.2, 0) is 16.0 Å². The first-order chi connectivity index (χ1) is 8.93. The van der Waals surface area contributed by atoms with E-state index in [1.165, 1.54) is 7.11 Å². The quantitative estimate of drug-likeness (QED) is 0.750. The molecule has 2 heterocycles. The van der Waals surface area contributed by atoms with Gasteiger partial charge in [-0.1, -0.05) is 0 Å². The number of carboxylic acids is 1. The SMILES string of the molecule is COC(=O)c1sc2nc(C)[nH]c(=O)c2c1CC(=O)[O-]. The number of hydrogen-bond acceptors (Lipinski definition) is 7. The third-order valence-corrected chi connectivity index (χ3v) is 3.58. The summed E-state index contributed by atoms with van der Waals surface area (Å²) < 4.78 is 4.58. The normalized spacial score (nSPS) is 10.6. The molecule has 0 spiro atoms. The van der Waals surface area contributed by atoms with Gasteiger partial charge in [0.05, 0.1) is 12.5 Å². The van der Waals surface area contributed by atoms with Crippen LogP contribution in [0.2, 0.25) is 0 Å². The third kappa shape index (κ3) is 2.34. The summed E-state index contributed by atoms with van der Waals surface area (Å²) in [6.45, 7) is 1.59. The molecule has 2 aromatic heterocycles. The molecule has 8 heteroatoms. The van der Waals surface area contributed by atoms with Crippen LogP contribution >= 0.6 is 11.3 Å². The maximum absolute atomic E-state index is 11.9. The molecule has 19 heavy (non-hydrogen) atoms. The second-order valence-corrected chi connectivity index (χ2v) is 4.78. The molecule has 0 unspecified atom stereocenters. The largest absolute Gasteiger partial charge is 0.550 e. The molecule has 0 amide bonds. The molecule has 2 rings (SSSR count). The van der Waals surface area contributed by atoms with Gasteiger partial charge in [-0.15, -0.1) is 11.3 Å². The van der Waals surface area contributed by atoms with E-state index in [0.717, 1.165) is 11.3 Å². The average molecular weight is 281 g/mol. The fraction of sp³-hybridized carbons (Fsp3) is 0.273. The van der Waals surface area contributed by atoms with Crippen LogP contribution < -0.4 is 10.7 Å². The number of esters is 1. The Morgan fingerprint density at radius 2 is 2.16 bits per heavy atom. The molecule has 0 aliphatic carbocycles. The Balaban J connectivity index is 2.81. The van der Waals surface area contributed by atoms with E-state index < -0.39 is 23.9 Å². The monoisotopic (exact) mass is 281 g/mol. The van der Waals surface area contributed by atoms with Gasteiger partial charge in [0.1, 0.15) is 15.5 Å². The number of nitrogens with zero attached hydrogens (tertiary/aromatic N) is 1. The lowest BCUT2D eigenvalue weighted by Gasteiger charge is -2.03. The Morgan fingerprint density at radius 1 is 1.47 bits per heavy atom. The molecule has 0 bridgehead atoms. The summed E-state index contributed by atoms with van der Waals surface area (Å²) in [6.07, 6.45) is -0.543. The number of nitrogens with one attached hydrogen (secondary N) is 1. The molecule has 0 fully saturated rings. The molecule has 0 aromatic carbocycles. The van der Waals surface area contributed by atoms with Crippen molar-refractivity contribution in [1.29, 1.82) is 0 Å². The highest BCUT2D eigenvalue weighted by atomic mass is 32.1. The van der Waals surface area contributed by atoms with Crippen molar-refractivity contribution in [3.63, 3.8) is 0 Å². The Bertz CT molecular complexity index is 730. The van der Waals surface area contributed by atoms with Gasteiger partial charge in [0.25, 0.3) is 5.56 Å². The highest BCUT2D eigenvalue weighted by Crippen LogP contribution is 2.28. The molecule has 1 N–H and O–H groups in total. The summed E-state index contributed by atoms with van der Waals surface area (Å²) in [4.78, 5) is 41.2. The number of thiophene rings is 1.